The summed E-state index contributed by atoms with van der Waals surface area (Å²) in [6, 6.07) is 17.8. The molecule has 2 aromatic rings. The molecule has 0 amide bonds. The van der Waals surface area contributed by atoms with Gasteiger partial charge in [0.15, 0.2) is 0 Å². The van der Waals surface area contributed by atoms with E-state index in [0.29, 0.717) is 5.92 Å². The molecule has 1 atom stereocenters. The highest BCUT2D eigenvalue weighted by Crippen LogP contribution is 2.34. The van der Waals surface area contributed by atoms with E-state index in [4.69, 9.17) is 5.73 Å². The van der Waals surface area contributed by atoms with Crippen LogP contribution in [0.15, 0.2) is 48.5 Å². The first-order chi connectivity index (χ1) is 9.95. The van der Waals surface area contributed by atoms with Gasteiger partial charge >= 0.3 is 0 Å². The van der Waals surface area contributed by atoms with E-state index >= 15 is 0 Å². The third-order valence-electron chi connectivity index (χ3n) is 4.75. The molecule has 1 unspecified atom stereocenters. The van der Waals surface area contributed by atoms with Crippen LogP contribution in [0.5, 0.6) is 0 Å². The van der Waals surface area contributed by atoms with E-state index in [1.54, 1.807) is 0 Å². The number of fused-ring (bicyclic) bond motifs is 1. The Labute approximate surface area is 128 Å². The zero-order chi connectivity index (χ0) is 15.0. The van der Waals surface area contributed by atoms with Gasteiger partial charge < -0.3 is 5.73 Å². The summed E-state index contributed by atoms with van der Waals surface area (Å²) >= 11 is 0. The Morgan fingerprint density at radius 2 is 1.43 bits per heavy atom. The smallest absolute Gasteiger partial charge is 0.0329 e. The Balaban J connectivity index is 1.76. The second-order valence-corrected chi connectivity index (χ2v) is 7.33. The standard InChI is InChI=1S/C20H25N/c1-20(2,3)18-10-8-14(9-11-18)19(21)17-12-15-6-4-5-7-16(15)13-17/h4-11,17,19H,12-13,21H2,1-3H3. The number of benzene rings is 2. The average molecular weight is 279 g/mol. The fourth-order valence-corrected chi connectivity index (χ4v) is 3.32. The molecule has 0 radical (unpaired) electrons. The fourth-order valence-electron chi connectivity index (χ4n) is 3.32. The van der Waals surface area contributed by atoms with Crippen LogP contribution in [0.25, 0.3) is 0 Å². The third kappa shape index (κ3) is 2.89. The minimum atomic E-state index is 0.131. The van der Waals surface area contributed by atoms with Crippen molar-refractivity contribution in [3.63, 3.8) is 0 Å². The SMILES string of the molecule is CC(C)(C)c1ccc(C(N)C2Cc3ccccc3C2)cc1. The van der Waals surface area contributed by atoms with Gasteiger partial charge in [-0.05, 0) is 46.4 Å². The highest BCUT2D eigenvalue weighted by molar-refractivity contribution is 5.35. The summed E-state index contributed by atoms with van der Waals surface area (Å²) in [5.41, 5.74) is 12.3. The van der Waals surface area contributed by atoms with Crippen LogP contribution in [-0.2, 0) is 18.3 Å². The zero-order valence-corrected chi connectivity index (χ0v) is 13.3. The van der Waals surface area contributed by atoms with E-state index in [1.807, 2.05) is 0 Å². The van der Waals surface area contributed by atoms with Crippen LogP contribution < -0.4 is 5.73 Å². The van der Waals surface area contributed by atoms with Crippen LogP contribution in [0.1, 0.15) is 49.1 Å². The maximum Gasteiger partial charge on any atom is 0.0329 e. The molecule has 0 aromatic heterocycles. The molecule has 0 heterocycles. The summed E-state index contributed by atoms with van der Waals surface area (Å²) in [5.74, 6) is 0.530. The van der Waals surface area contributed by atoms with Crippen LogP contribution in [0.4, 0.5) is 0 Å². The molecular formula is C20H25N. The molecule has 3 rings (SSSR count). The normalized spacial score (nSPS) is 16.8. The average Bonchev–Trinajstić information content (AvgIpc) is 2.89. The van der Waals surface area contributed by atoms with Crippen molar-refractivity contribution in [3.8, 4) is 0 Å². The second-order valence-electron chi connectivity index (χ2n) is 7.33. The molecular weight excluding hydrogens is 254 g/mol. The van der Waals surface area contributed by atoms with E-state index in [1.165, 1.54) is 22.3 Å². The first-order valence-electron chi connectivity index (χ1n) is 7.88. The lowest BCUT2D eigenvalue weighted by molar-refractivity contribution is 0.453. The van der Waals surface area contributed by atoms with Crippen molar-refractivity contribution in [2.24, 2.45) is 11.7 Å². The highest BCUT2D eigenvalue weighted by atomic mass is 14.7. The van der Waals surface area contributed by atoms with Crippen LogP contribution in [0.3, 0.4) is 0 Å². The van der Waals surface area contributed by atoms with Gasteiger partial charge in [-0.1, -0.05) is 69.3 Å². The number of hydrogen-bond acceptors (Lipinski definition) is 1. The Hall–Kier alpha value is -1.60. The molecule has 21 heavy (non-hydrogen) atoms. The minimum Gasteiger partial charge on any atom is -0.324 e. The van der Waals surface area contributed by atoms with Gasteiger partial charge in [-0.3, -0.25) is 0 Å². The maximum absolute atomic E-state index is 6.54. The van der Waals surface area contributed by atoms with Gasteiger partial charge in [0.05, 0.1) is 0 Å². The number of nitrogens with two attached hydrogens (primary N) is 1. The molecule has 110 valence electrons. The number of hydrogen-bond donors (Lipinski definition) is 1. The van der Waals surface area contributed by atoms with Gasteiger partial charge in [0, 0.05) is 6.04 Å². The van der Waals surface area contributed by atoms with Crippen molar-refractivity contribution in [1.29, 1.82) is 0 Å². The summed E-state index contributed by atoms with van der Waals surface area (Å²) in [6.45, 7) is 6.74. The molecule has 1 nitrogen and oxygen atoms in total. The van der Waals surface area contributed by atoms with Crippen LogP contribution >= 0.6 is 0 Å². The van der Waals surface area contributed by atoms with E-state index < -0.39 is 0 Å². The minimum absolute atomic E-state index is 0.131. The molecule has 1 aliphatic carbocycles. The molecule has 2 N–H and O–H groups in total. The summed E-state index contributed by atoms with van der Waals surface area (Å²) in [6.07, 6.45) is 2.22. The Kier molecular flexibility index (Phi) is 3.62. The predicted octanol–water partition coefficient (Wildman–Crippen LogP) is 4.40. The van der Waals surface area contributed by atoms with E-state index in [0.717, 1.165) is 12.8 Å². The van der Waals surface area contributed by atoms with E-state index in [2.05, 4.69) is 69.3 Å². The van der Waals surface area contributed by atoms with Gasteiger partial charge in [0.1, 0.15) is 0 Å². The van der Waals surface area contributed by atoms with Gasteiger partial charge in [-0.2, -0.15) is 0 Å². The van der Waals surface area contributed by atoms with Crippen LogP contribution in [0.2, 0.25) is 0 Å². The van der Waals surface area contributed by atoms with E-state index in [-0.39, 0.29) is 11.5 Å². The quantitative estimate of drug-likeness (QED) is 0.866. The molecule has 0 saturated heterocycles. The van der Waals surface area contributed by atoms with Gasteiger partial charge in [-0.25, -0.2) is 0 Å². The monoisotopic (exact) mass is 279 g/mol. The lowest BCUT2D eigenvalue weighted by Gasteiger charge is -2.22. The van der Waals surface area contributed by atoms with Crippen molar-refractivity contribution in [3.05, 3.63) is 70.8 Å². The summed E-state index contributed by atoms with van der Waals surface area (Å²) in [5, 5.41) is 0. The van der Waals surface area contributed by atoms with E-state index in [9.17, 15) is 0 Å². The predicted molar refractivity (Wildman–Crippen MR) is 89.4 cm³/mol. The van der Waals surface area contributed by atoms with Crippen LogP contribution in [0, 0.1) is 5.92 Å². The fraction of sp³-hybridized carbons (Fsp3) is 0.400. The topological polar surface area (TPSA) is 26.0 Å². The largest absolute Gasteiger partial charge is 0.324 e. The van der Waals surface area contributed by atoms with Crippen molar-refractivity contribution in [2.75, 3.05) is 0 Å². The molecule has 0 saturated carbocycles. The lowest BCUT2D eigenvalue weighted by Crippen LogP contribution is -2.22. The molecule has 0 fully saturated rings. The molecule has 2 aromatic carbocycles. The van der Waals surface area contributed by atoms with Gasteiger partial charge in [0.25, 0.3) is 0 Å². The first-order valence-corrected chi connectivity index (χ1v) is 7.88. The van der Waals surface area contributed by atoms with Crippen LogP contribution in [-0.4, -0.2) is 0 Å². The van der Waals surface area contributed by atoms with Crippen molar-refractivity contribution < 1.29 is 0 Å². The highest BCUT2D eigenvalue weighted by Gasteiger charge is 2.27. The summed E-state index contributed by atoms with van der Waals surface area (Å²) < 4.78 is 0. The number of rotatable bonds is 2. The maximum atomic E-state index is 6.54. The Morgan fingerprint density at radius 1 is 0.905 bits per heavy atom. The molecule has 1 heteroatoms. The van der Waals surface area contributed by atoms with Crippen molar-refractivity contribution in [2.45, 2.75) is 45.1 Å². The van der Waals surface area contributed by atoms with Crippen molar-refractivity contribution in [1.82, 2.24) is 0 Å². The molecule has 0 aliphatic heterocycles. The summed E-state index contributed by atoms with van der Waals surface area (Å²) in [7, 11) is 0. The zero-order valence-electron chi connectivity index (χ0n) is 13.3. The third-order valence-corrected chi connectivity index (χ3v) is 4.75. The van der Waals surface area contributed by atoms with Crippen molar-refractivity contribution >= 4 is 0 Å². The first kappa shape index (κ1) is 14.3. The molecule has 0 spiro atoms. The summed E-state index contributed by atoms with van der Waals surface area (Å²) in [4.78, 5) is 0. The van der Waals surface area contributed by atoms with Gasteiger partial charge in [-0.15, -0.1) is 0 Å². The molecule has 0 bridgehead atoms. The Bertz CT molecular complexity index is 594. The lowest BCUT2D eigenvalue weighted by atomic mass is 9.85. The molecule has 1 aliphatic rings. The van der Waals surface area contributed by atoms with Gasteiger partial charge in [0.2, 0.25) is 0 Å². The second kappa shape index (κ2) is 5.31. The Morgan fingerprint density at radius 3 is 1.90 bits per heavy atom.